The normalized spacial score (nSPS) is 15.1. The zero-order valence-electron chi connectivity index (χ0n) is 20.8. The molecule has 0 radical (unpaired) electrons. The molecule has 0 aliphatic rings. The van der Waals surface area contributed by atoms with E-state index in [1.54, 1.807) is 0 Å². The van der Waals surface area contributed by atoms with Gasteiger partial charge in [0.15, 0.2) is 0 Å². The van der Waals surface area contributed by atoms with E-state index in [-0.39, 0.29) is 31.6 Å². The summed E-state index contributed by atoms with van der Waals surface area (Å²) >= 11 is 1.47. The summed E-state index contributed by atoms with van der Waals surface area (Å²) in [6.07, 6.45) is 5.15. The average Bonchev–Trinajstić information content (AvgIpc) is 3.35. The van der Waals surface area contributed by atoms with Crippen molar-refractivity contribution < 1.29 is 29.1 Å². The van der Waals surface area contributed by atoms with Crippen LogP contribution in [0.1, 0.15) is 45.2 Å². The Hall–Kier alpha value is -3.13. The maximum Gasteiger partial charge on any atom is 0.326 e. The van der Waals surface area contributed by atoms with Crippen LogP contribution in [0.25, 0.3) is 0 Å². The van der Waals surface area contributed by atoms with Crippen LogP contribution >= 0.6 is 11.8 Å². The minimum atomic E-state index is -1.31. The van der Waals surface area contributed by atoms with E-state index in [2.05, 4.69) is 25.9 Å². The molecule has 0 bridgehead atoms. The fourth-order valence-corrected chi connectivity index (χ4v) is 3.67. The third kappa shape index (κ3) is 10.6. The number of carbonyl (C=O) groups is 5. The Balaban J connectivity index is 3.00. The largest absolute Gasteiger partial charge is 0.480 e. The summed E-state index contributed by atoms with van der Waals surface area (Å²) in [5.41, 5.74) is 11.7. The molecule has 0 aliphatic heterocycles. The molecule has 4 amide bonds. The number of aromatic nitrogens is 2. The summed E-state index contributed by atoms with van der Waals surface area (Å²) in [6.45, 7) is 3.72. The van der Waals surface area contributed by atoms with Crippen molar-refractivity contribution in [3.05, 3.63) is 18.2 Å². The SMILES string of the molecule is CCC(C)C(N)C(=O)NC(CCSC)C(=O)NC(CCC(N)=O)C(=O)NC(Cc1cnc[nH]1)C(=O)O. The van der Waals surface area contributed by atoms with Crippen molar-refractivity contribution in [2.75, 3.05) is 12.0 Å². The van der Waals surface area contributed by atoms with Gasteiger partial charge in [-0.15, -0.1) is 0 Å². The molecule has 0 saturated carbocycles. The summed E-state index contributed by atoms with van der Waals surface area (Å²) in [5.74, 6) is -3.49. The van der Waals surface area contributed by atoms with Crippen molar-refractivity contribution in [3.63, 3.8) is 0 Å². The van der Waals surface area contributed by atoms with E-state index in [0.29, 0.717) is 17.9 Å². The number of hydrogen-bond acceptors (Lipinski definition) is 8. The molecule has 13 nitrogen and oxygen atoms in total. The number of imidazole rings is 1. The number of nitrogens with two attached hydrogens (primary N) is 2. The number of hydrogen-bond donors (Lipinski definition) is 7. The quantitative estimate of drug-likeness (QED) is 0.130. The van der Waals surface area contributed by atoms with Crippen LogP contribution < -0.4 is 27.4 Å². The molecular formula is C22H37N7O6S. The summed E-state index contributed by atoms with van der Waals surface area (Å²) < 4.78 is 0. The standard InChI is InChI=1S/C22H37N7O6S/c1-4-12(2)18(24)21(33)28-15(7-8-36-3)20(32)27-14(5-6-17(23)30)19(31)29-16(22(34)35)9-13-10-25-11-26-13/h10-12,14-16,18H,4-9,24H2,1-3H3,(H2,23,30)(H,25,26)(H,27,32)(H,28,33)(H,29,31)(H,34,35). The second-order valence-electron chi connectivity index (χ2n) is 8.50. The Morgan fingerprint density at radius 1 is 1.06 bits per heavy atom. The van der Waals surface area contributed by atoms with Crippen LogP contribution in [0.5, 0.6) is 0 Å². The van der Waals surface area contributed by atoms with Gasteiger partial charge in [0.1, 0.15) is 18.1 Å². The predicted octanol–water partition coefficient (Wildman–Crippen LogP) is -1.12. The number of primary amides is 1. The molecular weight excluding hydrogens is 490 g/mol. The fraction of sp³-hybridized carbons (Fsp3) is 0.636. The molecule has 202 valence electrons. The minimum Gasteiger partial charge on any atom is -0.480 e. The van der Waals surface area contributed by atoms with Crippen LogP contribution in [0.15, 0.2) is 12.5 Å². The van der Waals surface area contributed by atoms with Gasteiger partial charge in [-0.2, -0.15) is 11.8 Å². The molecule has 1 rings (SSSR count). The molecule has 5 unspecified atom stereocenters. The number of amides is 4. The molecule has 14 heteroatoms. The second kappa shape index (κ2) is 15.8. The van der Waals surface area contributed by atoms with Crippen LogP contribution in [0, 0.1) is 5.92 Å². The van der Waals surface area contributed by atoms with Crippen LogP contribution in [0.3, 0.4) is 0 Å². The molecule has 0 saturated heterocycles. The van der Waals surface area contributed by atoms with Gasteiger partial charge < -0.3 is 37.5 Å². The van der Waals surface area contributed by atoms with Crippen molar-refractivity contribution in [1.29, 1.82) is 0 Å². The summed E-state index contributed by atoms with van der Waals surface area (Å²) in [4.78, 5) is 68.2. The fourth-order valence-electron chi connectivity index (χ4n) is 3.20. The number of nitrogens with zero attached hydrogens (tertiary/aromatic N) is 1. The first-order valence-corrected chi connectivity index (χ1v) is 13.0. The number of carboxylic acids is 1. The number of thioether (sulfide) groups is 1. The van der Waals surface area contributed by atoms with Gasteiger partial charge in [-0.05, 0) is 30.8 Å². The Bertz CT molecular complexity index is 882. The van der Waals surface area contributed by atoms with Gasteiger partial charge in [0.25, 0.3) is 0 Å². The molecule has 5 atom stereocenters. The third-order valence-corrected chi connectivity index (χ3v) is 6.35. The van der Waals surface area contributed by atoms with Gasteiger partial charge in [-0.3, -0.25) is 19.2 Å². The van der Waals surface area contributed by atoms with Crippen molar-refractivity contribution in [2.24, 2.45) is 17.4 Å². The molecule has 1 aromatic heterocycles. The van der Waals surface area contributed by atoms with E-state index < -0.39 is 53.8 Å². The van der Waals surface area contributed by atoms with Crippen molar-refractivity contribution in [2.45, 2.75) is 70.1 Å². The van der Waals surface area contributed by atoms with Crippen molar-refractivity contribution in [3.8, 4) is 0 Å². The van der Waals surface area contributed by atoms with Gasteiger partial charge in [0, 0.05) is 24.7 Å². The van der Waals surface area contributed by atoms with Crippen LogP contribution in [0.4, 0.5) is 0 Å². The average molecular weight is 528 g/mol. The molecule has 9 N–H and O–H groups in total. The third-order valence-electron chi connectivity index (χ3n) is 5.71. The van der Waals surface area contributed by atoms with Crippen LogP contribution in [-0.4, -0.2) is 80.8 Å². The molecule has 0 aliphatic carbocycles. The van der Waals surface area contributed by atoms with E-state index in [9.17, 15) is 29.1 Å². The minimum absolute atomic E-state index is 0.0720. The van der Waals surface area contributed by atoms with Crippen molar-refractivity contribution in [1.82, 2.24) is 25.9 Å². The van der Waals surface area contributed by atoms with E-state index in [1.807, 2.05) is 20.1 Å². The van der Waals surface area contributed by atoms with E-state index in [1.165, 1.54) is 24.3 Å². The Labute approximate surface area is 214 Å². The van der Waals surface area contributed by atoms with Crippen LogP contribution in [-0.2, 0) is 30.4 Å². The van der Waals surface area contributed by atoms with E-state index in [0.717, 1.165) is 0 Å². The lowest BCUT2D eigenvalue weighted by Crippen LogP contribution is -2.58. The first kappa shape index (κ1) is 30.9. The van der Waals surface area contributed by atoms with Gasteiger partial charge in [0.2, 0.25) is 23.6 Å². The highest BCUT2D eigenvalue weighted by Crippen LogP contribution is 2.09. The number of carboxylic acid groups (broad SMARTS) is 1. The van der Waals surface area contributed by atoms with Gasteiger partial charge in [0.05, 0.1) is 12.4 Å². The lowest BCUT2D eigenvalue weighted by Gasteiger charge is -2.26. The predicted molar refractivity (Wildman–Crippen MR) is 135 cm³/mol. The summed E-state index contributed by atoms with van der Waals surface area (Å²) in [7, 11) is 0. The zero-order chi connectivity index (χ0) is 27.3. The topological polar surface area (TPSA) is 222 Å². The Kier molecular flexibility index (Phi) is 13.5. The van der Waals surface area contributed by atoms with Gasteiger partial charge in [-0.1, -0.05) is 20.3 Å². The summed E-state index contributed by atoms with van der Waals surface area (Å²) in [6, 6.07) is -4.37. The molecule has 1 aromatic rings. The highest BCUT2D eigenvalue weighted by molar-refractivity contribution is 7.98. The lowest BCUT2D eigenvalue weighted by molar-refractivity contribution is -0.142. The monoisotopic (exact) mass is 527 g/mol. The van der Waals surface area contributed by atoms with Gasteiger partial charge >= 0.3 is 5.97 Å². The Morgan fingerprint density at radius 2 is 1.64 bits per heavy atom. The number of aromatic amines is 1. The smallest absolute Gasteiger partial charge is 0.326 e. The maximum absolute atomic E-state index is 13.1. The highest BCUT2D eigenvalue weighted by atomic mass is 32.2. The number of aliphatic carboxylic acids is 1. The maximum atomic E-state index is 13.1. The van der Waals surface area contributed by atoms with E-state index >= 15 is 0 Å². The first-order chi connectivity index (χ1) is 17.0. The van der Waals surface area contributed by atoms with Crippen molar-refractivity contribution >= 4 is 41.4 Å². The lowest BCUT2D eigenvalue weighted by atomic mass is 9.99. The first-order valence-electron chi connectivity index (χ1n) is 11.6. The second-order valence-corrected chi connectivity index (χ2v) is 9.49. The van der Waals surface area contributed by atoms with E-state index in [4.69, 9.17) is 11.5 Å². The number of nitrogens with one attached hydrogen (secondary N) is 4. The molecule has 0 spiro atoms. The van der Waals surface area contributed by atoms with Gasteiger partial charge in [-0.25, -0.2) is 9.78 Å². The molecule has 0 aromatic carbocycles. The number of carbonyl (C=O) groups excluding carboxylic acids is 4. The highest BCUT2D eigenvalue weighted by Gasteiger charge is 2.31. The zero-order valence-corrected chi connectivity index (χ0v) is 21.6. The molecule has 1 heterocycles. The molecule has 36 heavy (non-hydrogen) atoms. The van der Waals surface area contributed by atoms with Crippen LogP contribution in [0.2, 0.25) is 0 Å². The number of rotatable bonds is 17. The Morgan fingerprint density at radius 3 is 2.14 bits per heavy atom. The molecule has 0 fully saturated rings. The summed E-state index contributed by atoms with van der Waals surface area (Å²) in [5, 5.41) is 17.1. The number of H-pyrrole nitrogens is 1.